The van der Waals surface area contributed by atoms with E-state index in [1.165, 1.54) is 16.9 Å². The predicted octanol–water partition coefficient (Wildman–Crippen LogP) is 5.37. The van der Waals surface area contributed by atoms with Gasteiger partial charge in [-0.2, -0.15) is 0 Å². The summed E-state index contributed by atoms with van der Waals surface area (Å²) in [5, 5.41) is 1.01. The summed E-state index contributed by atoms with van der Waals surface area (Å²) in [5.41, 5.74) is 4.26. The van der Waals surface area contributed by atoms with Gasteiger partial charge in [0.2, 0.25) is 0 Å². The standard InChI is InChI=1S/C23H27N3OS/c1-5-18-8-10-19(11-9-18)14-26(15-20-7-6-12-24-13-20)23(27)21-17(4)25-22(28-21)16(2)3/h6-13,16H,5,14-15H2,1-4H3. The molecule has 1 aromatic carbocycles. The molecule has 0 aliphatic carbocycles. The molecule has 146 valence electrons. The quantitative estimate of drug-likeness (QED) is 0.542. The molecule has 0 atom stereocenters. The number of amides is 1. The van der Waals surface area contributed by atoms with Gasteiger partial charge in [0.1, 0.15) is 4.88 Å². The maximum absolute atomic E-state index is 13.4. The second kappa shape index (κ2) is 9.11. The van der Waals surface area contributed by atoms with Crippen LogP contribution in [0.5, 0.6) is 0 Å². The average molecular weight is 394 g/mol. The highest BCUT2D eigenvalue weighted by atomic mass is 32.1. The van der Waals surface area contributed by atoms with Gasteiger partial charge < -0.3 is 4.90 Å². The maximum Gasteiger partial charge on any atom is 0.266 e. The molecule has 0 saturated carbocycles. The van der Waals surface area contributed by atoms with Crippen molar-refractivity contribution in [2.75, 3.05) is 0 Å². The highest BCUT2D eigenvalue weighted by Gasteiger charge is 2.23. The number of thiazole rings is 1. The van der Waals surface area contributed by atoms with Gasteiger partial charge in [-0.25, -0.2) is 4.98 Å². The summed E-state index contributed by atoms with van der Waals surface area (Å²) in [6, 6.07) is 12.4. The maximum atomic E-state index is 13.4. The van der Waals surface area contributed by atoms with Crippen LogP contribution in [0.2, 0.25) is 0 Å². The SMILES string of the molecule is CCc1ccc(CN(Cc2cccnc2)C(=O)c2sc(C(C)C)nc2C)cc1. The van der Waals surface area contributed by atoms with Gasteiger partial charge in [0.15, 0.2) is 0 Å². The minimum absolute atomic E-state index is 0.0327. The van der Waals surface area contributed by atoms with E-state index in [1.54, 1.807) is 6.20 Å². The van der Waals surface area contributed by atoms with Gasteiger partial charge in [0, 0.05) is 31.4 Å². The summed E-state index contributed by atoms with van der Waals surface area (Å²) in [7, 11) is 0. The molecular formula is C23H27N3OS. The van der Waals surface area contributed by atoms with E-state index in [2.05, 4.69) is 55.0 Å². The monoisotopic (exact) mass is 393 g/mol. The normalized spacial score (nSPS) is 11.0. The van der Waals surface area contributed by atoms with Crippen molar-refractivity contribution in [2.24, 2.45) is 0 Å². The van der Waals surface area contributed by atoms with Crippen LogP contribution in [0, 0.1) is 6.92 Å². The third kappa shape index (κ3) is 4.84. The van der Waals surface area contributed by atoms with E-state index in [4.69, 9.17) is 0 Å². The van der Waals surface area contributed by atoms with Crippen molar-refractivity contribution >= 4 is 17.2 Å². The largest absolute Gasteiger partial charge is 0.329 e. The molecule has 0 fully saturated rings. The zero-order chi connectivity index (χ0) is 20.1. The van der Waals surface area contributed by atoms with Gasteiger partial charge in [-0.3, -0.25) is 9.78 Å². The predicted molar refractivity (Wildman–Crippen MR) is 115 cm³/mol. The summed E-state index contributed by atoms with van der Waals surface area (Å²) in [6.45, 7) is 9.37. The van der Waals surface area contributed by atoms with E-state index in [-0.39, 0.29) is 5.91 Å². The zero-order valence-corrected chi connectivity index (χ0v) is 17.8. The van der Waals surface area contributed by atoms with Gasteiger partial charge in [0.25, 0.3) is 5.91 Å². The Bertz CT molecular complexity index is 917. The van der Waals surface area contributed by atoms with Crippen LogP contribution < -0.4 is 0 Å². The van der Waals surface area contributed by atoms with Gasteiger partial charge >= 0.3 is 0 Å². The number of pyridine rings is 1. The molecule has 0 aliphatic rings. The lowest BCUT2D eigenvalue weighted by molar-refractivity contribution is 0.0734. The Morgan fingerprint density at radius 3 is 2.32 bits per heavy atom. The lowest BCUT2D eigenvalue weighted by atomic mass is 10.1. The van der Waals surface area contributed by atoms with E-state index < -0.39 is 0 Å². The van der Waals surface area contributed by atoms with Crippen molar-refractivity contribution in [1.82, 2.24) is 14.9 Å². The summed E-state index contributed by atoms with van der Waals surface area (Å²) < 4.78 is 0. The number of aromatic nitrogens is 2. The minimum atomic E-state index is 0.0327. The van der Waals surface area contributed by atoms with Gasteiger partial charge in [-0.15, -0.1) is 11.3 Å². The van der Waals surface area contributed by atoms with E-state index in [1.807, 2.05) is 30.2 Å². The van der Waals surface area contributed by atoms with E-state index >= 15 is 0 Å². The van der Waals surface area contributed by atoms with Crippen molar-refractivity contribution in [2.45, 2.75) is 53.1 Å². The van der Waals surface area contributed by atoms with Crippen molar-refractivity contribution < 1.29 is 4.79 Å². The molecule has 28 heavy (non-hydrogen) atoms. The van der Waals surface area contributed by atoms with Crippen molar-refractivity contribution in [3.8, 4) is 0 Å². The zero-order valence-electron chi connectivity index (χ0n) is 17.0. The Balaban J connectivity index is 1.89. The van der Waals surface area contributed by atoms with E-state index in [9.17, 15) is 4.79 Å². The molecule has 1 amide bonds. The molecule has 0 unspecified atom stereocenters. The van der Waals surface area contributed by atoms with Gasteiger partial charge in [-0.1, -0.05) is 51.1 Å². The van der Waals surface area contributed by atoms with E-state index in [0.29, 0.717) is 19.0 Å². The van der Waals surface area contributed by atoms with Crippen LogP contribution in [0.15, 0.2) is 48.8 Å². The van der Waals surface area contributed by atoms with Crippen LogP contribution in [0.1, 0.15) is 63.8 Å². The first kappa shape index (κ1) is 20.2. The fourth-order valence-corrected chi connectivity index (χ4v) is 4.06. The number of carbonyl (C=O) groups excluding carboxylic acids is 1. The first-order valence-electron chi connectivity index (χ1n) is 9.71. The number of carbonyl (C=O) groups is 1. The molecule has 3 aromatic rings. The topological polar surface area (TPSA) is 46.1 Å². The van der Waals surface area contributed by atoms with Crippen molar-refractivity contribution in [3.63, 3.8) is 0 Å². The molecule has 0 aliphatic heterocycles. The van der Waals surface area contributed by atoms with Crippen LogP contribution in [0.25, 0.3) is 0 Å². The Labute approximate surface area is 171 Å². The molecular weight excluding hydrogens is 366 g/mol. The lowest BCUT2D eigenvalue weighted by Gasteiger charge is -2.23. The first-order chi connectivity index (χ1) is 13.5. The first-order valence-corrected chi connectivity index (χ1v) is 10.5. The molecule has 2 heterocycles. The van der Waals surface area contributed by atoms with Crippen LogP contribution in [-0.2, 0) is 19.5 Å². The Hall–Kier alpha value is -2.53. The molecule has 0 radical (unpaired) electrons. The third-order valence-electron chi connectivity index (χ3n) is 4.69. The Morgan fingerprint density at radius 2 is 1.75 bits per heavy atom. The highest BCUT2D eigenvalue weighted by Crippen LogP contribution is 2.27. The van der Waals surface area contributed by atoms with Crippen LogP contribution >= 0.6 is 11.3 Å². The molecule has 5 heteroatoms. The smallest absolute Gasteiger partial charge is 0.266 e. The molecule has 4 nitrogen and oxygen atoms in total. The summed E-state index contributed by atoms with van der Waals surface area (Å²) in [5.74, 6) is 0.351. The molecule has 0 bridgehead atoms. The third-order valence-corrected chi connectivity index (χ3v) is 6.14. The number of aryl methyl sites for hydroxylation is 2. The summed E-state index contributed by atoms with van der Waals surface area (Å²) in [6.07, 6.45) is 4.58. The summed E-state index contributed by atoms with van der Waals surface area (Å²) >= 11 is 1.51. The summed E-state index contributed by atoms with van der Waals surface area (Å²) in [4.78, 5) is 24.8. The molecule has 0 N–H and O–H groups in total. The van der Waals surface area contributed by atoms with Crippen LogP contribution in [0.3, 0.4) is 0 Å². The molecule has 2 aromatic heterocycles. The number of hydrogen-bond acceptors (Lipinski definition) is 4. The second-order valence-electron chi connectivity index (χ2n) is 7.31. The fourth-order valence-electron chi connectivity index (χ4n) is 3.02. The highest BCUT2D eigenvalue weighted by molar-refractivity contribution is 7.13. The number of rotatable bonds is 7. The Morgan fingerprint density at radius 1 is 1.07 bits per heavy atom. The number of nitrogens with zero attached hydrogens (tertiary/aromatic N) is 3. The number of benzene rings is 1. The van der Waals surface area contributed by atoms with Crippen LogP contribution in [-0.4, -0.2) is 20.8 Å². The second-order valence-corrected chi connectivity index (χ2v) is 8.34. The lowest BCUT2D eigenvalue weighted by Crippen LogP contribution is -2.30. The molecule has 0 spiro atoms. The van der Waals surface area contributed by atoms with Gasteiger partial charge in [0.05, 0.1) is 10.7 Å². The van der Waals surface area contributed by atoms with E-state index in [0.717, 1.165) is 33.1 Å². The Kier molecular flexibility index (Phi) is 6.57. The number of hydrogen-bond donors (Lipinski definition) is 0. The minimum Gasteiger partial charge on any atom is -0.329 e. The van der Waals surface area contributed by atoms with Crippen LogP contribution in [0.4, 0.5) is 0 Å². The molecule has 3 rings (SSSR count). The van der Waals surface area contributed by atoms with Gasteiger partial charge in [-0.05, 0) is 36.1 Å². The average Bonchev–Trinajstić information content (AvgIpc) is 3.10. The van der Waals surface area contributed by atoms with Crippen molar-refractivity contribution in [3.05, 3.63) is 81.1 Å². The van der Waals surface area contributed by atoms with Crippen molar-refractivity contribution in [1.29, 1.82) is 0 Å². The fraction of sp³-hybridized carbons (Fsp3) is 0.348. The molecule has 0 saturated heterocycles.